The molecule has 2 aliphatic rings. The van der Waals surface area contributed by atoms with E-state index in [9.17, 15) is 19.8 Å². The van der Waals surface area contributed by atoms with Gasteiger partial charge in [0.25, 0.3) is 5.56 Å². The summed E-state index contributed by atoms with van der Waals surface area (Å²) in [4.78, 5) is 30.0. The lowest BCUT2D eigenvalue weighted by atomic mass is 9.97. The van der Waals surface area contributed by atoms with Crippen LogP contribution in [0.2, 0.25) is 0 Å². The molecule has 2 N–H and O–H groups in total. The number of phenolic OH excluding ortho intramolecular Hbond substituents is 1. The largest absolute Gasteiger partial charge is 0.508 e. The summed E-state index contributed by atoms with van der Waals surface area (Å²) in [6, 6.07) is 7.14. The second-order valence-corrected chi connectivity index (χ2v) is 9.51. The number of hydrogen-bond donors (Lipinski definition) is 2. The Kier molecular flexibility index (Phi) is 4.44. The summed E-state index contributed by atoms with van der Waals surface area (Å²) < 4.78 is 7.33. The van der Waals surface area contributed by atoms with E-state index in [0.717, 1.165) is 22.0 Å². The average molecular weight is 436 g/mol. The second kappa shape index (κ2) is 6.88. The van der Waals surface area contributed by atoms with Crippen molar-refractivity contribution in [2.24, 2.45) is 0 Å². The van der Waals surface area contributed by atoms with E-state index < -0.39 is 12.1 Å². The molecule has 0 spiro atoms. The minimum atomic E-state index is -1.48. The molecule has 32 heavy (non-hydrogen) atoms. The molecule has 5 rings (SSSR count). The van der Waals surface area contributed by atoms with Crippen molar-refractivity contribution in [2.45, 2.75) is 45.7 Å². The zero-order valence-electron chi connectivity index (χ0n) is 18.5. The summed E-state index contributed by atoms with van der Waals surface area (Å²) in [6.07, 6.45) is -1.48. The number of pyridine rings is 2. The van der Waals surface area contributed by atoms with Crippen LogP contribution >= 0.6 is 0 Å². The number of rotatable bonds is 3. The first-order valence-corrected chi connectivity index (χ1v) is 10.7. The van der Waals surface area contributed by atoms with Gasteiger partial charge in [-0.25, -0.2) is 9.78 Å². The van der Waals surface area contributed by atoms with Crippen LogP contribution in [0.15, 0.2) is 29.1 Å². The first kappa shape index (κ1) is 20.7. The summed E-state index contributed by atoms with van der Waals surface area (Å²) in [6.45, 7) is 5.20. The minimum Gasteiger partial charge on any atom is -0.508 e. The number of aliphatic hydroxyl groups excluding tert-OH is 1. The normalized spacial score (nSPS) is 17.3. The molecular formula is C24H26N3O5+. The predicted molar refractivity (Wildman–Crippen MR) is 118 cm³/mol. The molecular weight excluding hydrogens is 410 g/mol. The van der Waals surface area contributed by atoms with Crippen LogP contribution in [0.5, 0.6) is 5.75 Å². The van der Waals surface area contributed by atoms with Gasteiger partial charge in [-0.2, -0.15) is 0 Å². The Morgan fingerprint density at radius 3 is 2.69 bits per heavy atom. The lowest BCUT2D eigenvalue weighted by Crippen LogP contribution is -2.45. The van der Waals surface area contributed by atoms with Crippen LogP contribution in [-0.4, -0.2) is 50.4 Å². The zero-order chi connectivity index (χ0) is 22.9. The number of hydrogen-bond acceptors (Lipinski definition) is 6. The van der Waals surface area contributed by atoms with E-state index in [2.05, 4.69) is 27.9 Å². The van der Waals surface area contributed by atoms with Gasteiger partial charge in [-0.1, -0.05) is 0 Å². The lowest BCUT2D eigenvalue weighted by molar-refractivity contribution is -0.924. The zero-order valence-corrected chi connectivity index (χ0v) is 18.5. The van der Waals surface area contributed by atoms with E-state index in [4.69, 9.17) is 9.72 Å². The number of nitrogens with zero attached hydrogens (tertiary/aromatic N) is 3. The van der Waals surface area contributed by atoms with Gasteiger partial charge in [0.1, 0.15) is 18.9 Å². The molecule has 4 heterocycles. The van der Waals surface area contributed by atoms with Crippen molar-refractivity contribution in [3.8, 4) is 17.1 Å². The smallest absolute Gasteiger partial charge is 0.340 e. The fourth-order valence-corrected chi connectivity index (χ4v) is 4.47. The highest BCUT2D eigenvalue weighted by molar-refractivity contribution is 5.89. The van der Waals surface area contributed by atoms with Gasteiger partial charge >= 0.3 is 5.97 Å². The van der Waals surface area contributed by atoms with E-state index in [1.54, 1.807) is 28.8 Å². The number of quaternary nitrogens is 1. The number of cyclic esters (lactones) is 1. The molecule has 1 atom stereocenters. The third-order valence-corrected chi connectivity index (χ3v) is 7.02. The highest BCUT2D eigenvalue weighted by Gasteiger charge is 2.35. The van der Waals surface area contributed by atoms with Gasteiger partial charge in [-0.3, -0.25) is 4.79 Å². The molecule has 3 aromatic rings. The predicted octanol–water partition coefficient (Wildman–Crippen LogP) is 2.21. The number of carbonyl (C=O) groups excluding carboxylic acids is 1. The van der Waals surface area contributed by atoms with Gasteiger partial charge in [0.05, 0.1) is 49.1 Å². The summed E-state index contributed by atoms with van der Waals surface area (Å²) in [7, 11) is 4.30. The molecule has 1 unspecified atom stereocenters. The molecule has 1 aromatic carbocycles. The van der Waals surface area contributed by atoms with Crippen LogP contribution in [0, 0.1) is 0 Å². The van der Waals surface area contributed by atoms with Crippen LogP contribution in [-0.2, 0) is 29.2 Å². The third-order valence-electron chi connectivity index (χ3n) is 7.02. The first-order chi connectivity index (χ1) is 15.1. The quantitative estimate of drug-likeness (QED) is 0.377. The molecule has 8 heteroatoms. The number of ether oxygens (including phenoxy) is 1. The maximum Gasteiger partial charge on any atom is 0.340 e. The van der Waals surface area contributed by atoms with E-state index in [0.29, 0.717) is 40.6 Å². The Bertz CT molecular complexity index is 1360. The number of carbonyl (C=O) groups is 1. The third kappa shape index (κ3) is 2.94. The first-order valence-electron chi connectivity index (χ1n) is 10.7. The van der Waals surface area contributed by atoms with Gasteiger partial charge in [-0.05, 0) is 38.1 Å². The van der Waals surface area contributed by atoms with Crippen molar-refractivity contribution in [1.82, 2.24) is 9.55 Å². The topological polar surface area (TPSA) is 102 Å². The van der Waals surface area contributed by atoms with Gasteiger partial charge in [0, 0.05) is 22.1 Å². The molecule has 0 radical (unpaired) electrons. The number of aromatic hydroxyl groups is 1. The van der Waals surface area contributed by atoms with Crippen LogP contribution in [0.3, 0.4) is 0 Å². The van der Waals surface area contributed by atoms with Crippen LogP contribution in [0.1, 0.15) is 42.2 Å². The monoisotopic (exact) mass is 436 g/mol. The van der Waals surface area contributed by atoms with Crippen molar-refractivity contribution in [2.75, 3.05) is 14.1 Å². The molecule has 0 amide bonds. The molecule has 2 aliphatic heterocycles. The average Bonchev–Trinajstić information content (AvgIpc) is 3.10. The van der Waals surface area contributed by atoms with Crippen molar-refractivity contribution >= 4 is 16.9 Å². The molecule has 8 nitrogen and oxygen atoms in total. The highest BCUT2D eigenvalue weighted by Crippen LogP contribution is 2.39. The van der Waals surface area contributed by atoms with Crippen molar-refractivity contribution in [1.29, 1.82) is 0 Å². The maximum atomic E-state index is 13.3. The van der Waals surface area contributed by atoms with Crippen molar-refractivity contribution in [3.05, 3.63) is 56.9 Å². The number of benzene rings is 1. The summed E-state index contributed by atoms with van der Waals surface area (Å²) in [5, 5.41) is 21.4. The van der Waals surface area contributed by atoms with Gasteiger partial charge in [-0.15, -0.1) is 0 Å². The molecule has 0 aliphatic carbocycles. The summed E-state index contributed by atoms with van der Waals surface area (Å²) in [5.41, 5.74) is 4.26. The number of aliphatic hydroxyl groups is 1. The fourth-order valence-electron chi connectivity index (χ4n) is 4.47. The van der Waals surface area contributed by atoms with Gasteiger partial charge in [0.2, 0.25) is 0 Å². The Balaban J connectivity index is 1.79. The summed E-state index contributed by atoms with van der Waals surface area (Å²) >= 11 is 0. The van der Waals surface area contributed by atoms with E-state index in [-0.39, 0.29) is 23.5 Å². The van der Waals surface area contributed by atoms with Crippen LogP contribution in [0.25, 0.3) is 22.3 Å². The van der Waals surface area contributed by atoms with Gasteiger partial charge in [0.15, 0.2) is 6.10 Å². The SMILES string of the molecule is CC(C)[N+](C)(C)Cc1c2c(nc3ccc(O)cc13)-c1cc3c(c(=O)n1C2)COC(=O)C3O. The number of esters is 1. The van der Waals surface area contributed by atoms with Crippen LogP contribution in [0.4, 0.5) is 0 Å². The minimum absolute atomic E-state index is 0.145. The fraction of sp³-hybridized carbons (Fsp3) is 0.375. The number of aromatic nitrogens is 2. The highest BCUT2D eigenvalue weighted by atomic mass is 16.5. The Morgan fingerprint density at radius 2 is 1.97 bits per heavy atom. The molecule has 0 fully saturated rings. The van der Waals surface area contributed by atoms with Crippen molar-refractivity contribution in [3.63, 3.8) is 0 Å². The number of phenols is 1. The van der Waals surface area contributed by atoms with E-state index in [1.165, 1.54) is 0 Å². The molecule has 0 saturated heterocycles. The molecule has 166 valence electrons. The number of fused-ring (bicyclic) bond motifs is 5. The lowest BCUT2D eigenvalue weighted by Gasteiger charge is -2.35. The standard InChI is InChI=1S/C24H25N3O5/c1-12(2)27(3,4)10-17-14-7-13(28)5-6-19(14)25-21-16(17)9-26-20(21)8-15-18(23(26)30)11-32-24(31)22(15)29/h5-8,12,22,29H,9-11H2,1-4H3/p+1. The maximum absolute atomic E-state index is 13.3. The van der Waals surface area contributed by atoms with Crippen LogP contribution < -0.4 is 5.56 Å². The van der Waals surface area contributed by atoms with E-state index >= 15 is 0 Å². The van der Waals surface area contributed by atoms with E-state index in [1.807, 2.05) is 0 Å². The molecule has 0 bridgehead atoms. The Labute approximate surface area is 184 Å². The van der Waals surface area contributed by atoms with Gasteiger partial charge < -0.3 is 24.0 Å². The summed E-state index contributed by atoms with van der Waals surface area (Å²) in [5.74, 6) is -0.587. The Morgan fingerprint density at radius 1 is 1.22 bits per heavy atom. The molecule has 2 aromatic heterocycles. The molecule has 0 saturated carbocycles. The Hall–Kier alpha value is -3.23. The van der Waals surface area contributed by atoms with Crippen molar-refractivity contribution < 1.29 is 24.2 Å². The second-order valence-electron chi connectivity index (χ2n) is 9.51.